The lowest BCUT2D eigenvalue weighted by atomic mass is 10.2. The summed E-state index contributed by atoms with van der Waals surface area (Å²) in [6.07, 6.45) is 0. The Hall–Kier alpha value is -0.380. The van der Waals surface area contributed by atoms with Crippen molar-refractivity contribution in [2.75, 3.05) is 13.2 Å². The summed E-state index contributed by atoms with van der Waals surface area (Å²) < 4.78 is 6.51. The van der Waals surface area contributed by atoms with Gasteiger partial charge in [0.25, 0.3) is 0 Å². The molecular formula is C10H14BrNO. The molecule has 2 N–H and O–H groups in total. The highest BCUT2D eigenvalue weighted by Gasteiger charge is 1.92. The van der Waals surface area contributed by atoms with Gasteiger partial charge < -0.3 is 10.1 Å². The summed E-state index contributed by atoms with van der Waals surface area (Å²) in [6.45, 7) is 2.34. The van der Waals surface area contributed by atoms with E-state index in [1.807, 2.05) is 17.4 Å². The quantitative estimate of drug-likeness (QED) is 0.613. The van der Waals surface area contributed by atoms with Crippen LogP contribution in [0.15, 0.2) is 28.7 Å². The first-order valence-electron chi connectivity index (χ1n) is 4.26. The second-order valence-corrected chi connectivity index (χ2v) is 3.67. The molecule has 0 aliphatic carbocycles. The van der Waals surface area contributed by atoms with Crippen LogP contribution >= 0.6 is 15.9 Å². The molecule has 0 spiro atoms. The molecule has 13 heavy (non-hydrogen) atoms. The first kappa shape index (κ1) is 10.7. The van der Waals surface area contributed by atoms with Gasteiger partial charge in [0.05, 0.1) is 19.8 Å². The van der Waals surface area contributed by atoms with Gasteiger partial charge in [0.15, 0.2) is 0 Å². The molecule has 0 aromatic heterocycles. The average Bonchev–Trinajstić information content (AvgIpc) is 2.15. The van der Waals surface area contributed by atoms with E-state index < -0.39 is 0 Å². The zero-order chi connectivity index (χ0) is 9.52. The predicted octanol–water partition coefficient (Wildman–Crippen LogP) is 1.32. The lowest BCUT2D eigenvalue weighted by molar-refractivity contribution is -0.597. The fourth-order valence-electron chi connectivity index (χ4n) is 0.937. The Labute approximate surface area is 87.4 Å². The highest BCUT2D eigenvalue weighted by atomic mass is 79.9. The summed E-state index contributed by atoms with van der Waals surface area (Å²) >= 11 is 3.38. The molecule has 0 heterocycles. The van der Waals surface area contributed by atoms with Crippen molar-refractivity contribution < 1.29 is 10.1 Å². The van der Waals surface area contributed by atoms with Crippen LogP contribution in [0.2, 0.25) is 0 Å². The van der Waals surface area contributed by atoms with E-state index in [0.717, 1.165) is 17.6 Å². The van der Waals surface area contributed by atoms with Gasteiger partial charge in [-0.3, -0.25) is 0 Å². The largest absolute Gasteiger partial charge is 0.477 e. The van der Waals surface area contributed by atoms with Gasteiger partial charge in [-0.25, -0.2) is 0 Å². The molecule has 0 saturated heterocycles. The maximum Gasteiger partial charge on any atom is 0.0938 e. The van der Waals surface area contributed by atoms with Crippen molar-refractivity contribution in [2.24, 2.45) is 0 Å². The van der Waals surface area contributed by atoms with Crippen LogP contribution in [0.25, 0.3) is 0 Å². The Bertz CT molecular complexity index is 235. The normalized spacial score (nSPS) is 10.3. The molecule has 1 aromatic rings. The third-order valence-electron chi connectivity index (χ3n) is 1.65. The van der Waals surface area contributed by atoms with Crippen LogP contribution in [0, 0.1) is 7.05 Å². The van der Waals surface area contributed by atoms with E-state index in [1.54, 1.807) is 0 Å². The van der Waals surface area contributed by atoms with Gasteiger partial charge in [0.2, 0.25) is 0 Å². The first-order valence-corrected chi connectivity index (χ1v) is 5.05. The van der Waals surface area contributed by atoms with Crippen LogP contribution in [0.1, 0.15) is 5.56 Å². The van der Waals surface area contributed by atoms with E-state index in [2.05, 4.69) is 35.1 Å². The lowest BCUT2D eigenvalue weighted by Gasteiger charge is -2.03. The molecule has 0 atom stereocenters. The van der Waals surface area contributed by atoms with E-state index >= 15 is 0 Å². The molecule has 2 nitrogen and oxygen atoms in total. The minimum absolute atomic E-state index is 0.682. The topological polar surface area (TPSA) is 25.8 Å². The lowest BCUT2D eigenvalue weighted by Crippen LogP contribution is -2.78. The summed E-state index contributed by atoms with van der Waals surface area (Å²) in [7, 11) is 3.63. The Kier molecular flexibility index (Phi) is 5.05. The molecular weight excluding hydrogens is 230 g/mol. The molecule has 1 aromatic carbocycles. The summed E-state index contributed by atoms with van der Waals surface area (Å²) in [5.41, 5.74) is 1.20. The van der Waals surface area contributed by atoms with Crippen molar-refractivity contribution in [1.29, 1.82) is 0 Å². The maximum atomic E-state index is 5.41. The molecule has 72 valence electrons. The highest BCUT2D eigenvalue weighted by Crippen LogP contribution is 2.10. The molecule has 3 heteroatoms. The van der Waals surface area contributed by atoms with Gasteiger partial charge in [-0.15, -0.1) is 0 Å². The molecule has 0 bridgehead atoms. The second kappa shape index (κ2) is 6.13. The fourth-order valence-corrected chi connectivity index (χ4v) is 1.20. The zero-order valence-electron chi connectivity index (χ0n) is 7.50. The minimum Gasteiger partial charge on any atom is -0.477 e. The van der Waals surface area contributed by atoms with E-state index in [9.17, 15) is 0 Å². The number of ether oxygens (including phenoxy) is 1. The van der Waals surface area contributed by atoms with Crippen molar-refractivity contribution in [2.45, 2.75) is 6.61 Å². The molecule has 0 fully saturated rings. The number of halogens is 1. The van der Waals surface area contributed by atoms with Gasteiger partial charge in [-0.1, -0.05) is 28.1 Å². The van der Waals surface area contributed by atoms with Gasteiger partial charge >= 0.3 is 0 Å². The average molecular weight is 244 g/mol. The molecule has 0 unspecified atom stereocenters. The number of hydrogen-bond donors (Lipinski definition) is 1. The monoisotopic (exact) mass is 243 g/mol. The highest BCUT2D eigenvalue weighted by molar-refractivity contribution is 9.10. The van der Waals surface area contributed by atoms with E-state index in [-0.39, 0.29) is 0 Å². The van der Waals surface area contributed by atoms with E-state index in [0.29, 0.717) is 6.61 Å². The number of nitrogens with two attached hydrogens (primary N) is 1. The molecule has 1 rings (SSSR count). The molecule has 0 aliphatic heterocycles. The molecule has 0 amide bonds. The van der Waals surface area contributed by atoms with Crippen LogP contribution in [0.4, 0.5) is 0 Å². The van der Waals surface area contributed by atoms with Crippen LogP contribution in [0.3, 0.4) is 0 Å². The SMILES string of the molecule is [CH2-][NH2+]CCOCc1ccc(Br)cc1. The van der Waals surface area contributed by atoms with Crippen molar-refractivity contribution in [3.05, 3.63) is 41.3 Å². The van der Waals surface area contributed by atoms with Gasteiger partial charge in [-0.05, 0) is 17.7 Å². The Morgan fingerprint density at radius 2 is 2.00 bits per heavy atom. The van der Waals surface area contributed by atoms with Crippen LogP contribution in [-0.4, -0.2) is 13.2 Å². The van der Waals surface area contributed by atoms with Crippen molar-refractivity contribution >= 4 is 15.9 Å². The standard InChI is InChI=1S/C10H14BrNO/c1-12-6-7-13-8-9-2-4-10(11)5-3-9/h2-5H,1,6-8,12H2. The number of hydrogen-bond acceptors (Lipinski definition) is 1. The van der Waals surface area contributed by atoms with Gasteiger partial charge in [0.1, 0.15) is 0 Å². The number of benzene rings is 1. The number of rotatable bonds is 5. The molecule has 0 radical (unpaired) electrons. The Morgan fingerprint density at radius 1 is 1.31 bits per heavy atom. The molecule has 0 saturated carbocycles. The van der Waals surface area contributed by atoms with Crippen molar-refractivity contribution in [3.8, 4) is 0 Å². The predicted molar refractivity (Wildman–Crippen MR) is 55.9 cm³/mol. The third kappa shape index (κ3) is 4.41. The van der Waals surface area contributed by atoms with Crippen molar-refractivity contribution in [1.82, 2.24) is 0 Å². The van der Waals surface area contributed by atoms with Gasteiger partial charge in [-0.2, -0.15) is 7.05 Å². The van der Waals surface area contributed by atoms with Crippen LogP contribution < -0.4 is 5.32 Å². The Balaban J connectivity index is 2.25. The van der Waals surface area contributed by atoms with E-state index in [1.165, 1.54) is 5.56 Å². The van der Waals surface area contributed by atoms with Gasteiger partial charge in [0, 0.05) is 4.47 Å². The first-order chi connectivity index (χ1) is 6.33. The second-order valence-electron chi connectivity index (χ2n) is 2.76. The maximum absolute atomic E-state index is 5.41. The van der Waals surface area contributed by atoms with Crippen LogP contribution in [-0.2, 0) is 11.3 Å². The minimum atomic E-state index is 0.682. The smallest absolute Gasteiger partial charge is 0.0938 e. The third-order valence-corrected chi connectivity index (χ3v) is 2.18. The summed E-state index contributed by atoms with van der Waals surface area (Å²) in [4.78, 5) is 0. The summed E-state index contributed by atoms with van der Waals surface area (Å²) in [5, 5.41) is 1.86. The number of quaternary nitrogens is 1. The summed E-state index contributed by atoms with van der Waals surface area (Å²) in [6, 6.07) is 8.15. The fraction of sp³-hybridized carbons (Fsp3) is 0.300. The molecule has 0 aliphatic rings. The Morgan fingerprint density at radius 3 is 2.62 bits per heavy atom. The van der Waals surface area contributed by atoms with Crippen molar-refractivity contribution in [3.63, 3.8) is 0 Å². The zero-order valence-corrected chi connectivity index (χ0v) is 9.09. The van der Waals surface area contributed by atoms with Crippen LogP contribution in [0.5, 0.6) is 0 Å². The summed E-state index contributed by atoms with van der Waals surface area (Å²) in [5.74, 6) is 0. The van der Waals surface area contributed by atoms with E-state index in [4.69, 9.17) is 4.74 Å².